The van der Waals surface area contributed by atoms with Crippen LogP contribution < -0.4 is 5.73 Å². The van der Waals surface area contributed by atoms with E-state index in [0.29, 0.717) is 16.7 Å². The molecule has 0 fully saturated rings. The topological polar surface area (TPSA) is 71.5 Å². The minimum Gasteiger partial charge on any atom is -0.409 e. The fourth-order valence-electron chi connectivity index (χ4n) is 1.23. The summed E-state index contributed by atoms with van der Waals surface area (Å²) >= 11 is 1.70. The van der Waals surface area contributed by atoms with Gasteiger partial charge in [0.1, 0.15) is 0 Å². The van der Waals surface area contributed by atoms with Gasteiger partial charge in [0, 0.05) is 16.5 Å². The number of aromatic nitrogens is 1. The second kappa shape index (κ2) is 5.91. The number of hydrogen-bond acceptors (Lipinski definition) is 4. The molecule has 1 rings (SSSR count). The molecule has 94 valence electrons. The van der Waals surface area contributed by atoms with Crippen LogP contribution in [0.4, 0.5) is 0 Å². The maximum absolute atomic E-state index is 8.68. The zero-order chi connectivity index (χ0) is 13.0. The molecule has 0 saturated heterocycles. The molecule has 0 saturated carbocycles. The lowest BCUT2D eigenvalue weighted by molar-refractivity contribution is 0.318. The van der Waals surface area contributed by atoms with Gasteiger partial charge in [0.2, 0.25) is 0 Å². The number of rotatable bonds is 4. The number of thioether (sulfide) groups is 1. The van der Waals surface area contributed by atoms with Crippen molar-refractivity contribution in [2.45, 2.75) is 38.0 Å². The van der Waals surface area contributed by atoms with Gasteiger partial charge in [-0.15, -0.1) is 11.8 Å². The molecule has 5 heteroatoms. The van der Waals surface area contributed by atoms with E-state index in [4.69, 9.17) is 10.9 Å². The number of oxime groups is 1. The average Bonchev–Trinajstić information content (AvgIpc) is 2.26. The Morgan fingerprint density at radius 1 is 1.41 bits per heavy atom. The molecule has 1 heterocycles. The van der Waals surface area contributed by atoms with E-state index in [1.165, 1.54) is 0 Å². The van der Waals surface area contributed by atoms with Crippen molar-refractivity contribution >= 4 is 17.6 Å². The lowest BCUT2D eigenvalue weighted by Gasteiger charge is -2.15. The molecule has 0 spiro atoms. The Bertz CT molecular complexity index is 418. The van der Waals surface area contributed by atoms with Gasteiger partial charge >= 0.3 is 0 Å². The van der Waals surface area contributed by atoms with Crippen molar-refractivity contribution in [1.29, 1.82) is 0 Å². The third-order valence-electron chi connectivity index (χ3n) is 2.58. The highest BCUT2D eigenvalue weighted by Gasteiger charge is 2.11. The molecule has 17 heavy (non-hydrogen) atoms. The molecule has 4 nitrogen and oxygen atoms in total. The highest BCUT2D eigenvalue weighted by atomic mass is 32.2. The molecule has 0 radical (unpaired) electrons. The van der Waals surface area contributed by atoms with Crippen LogP contribution in [0.15, 0.2) is 22.3 Å². The number of hydrogen-bond donors (Lipinski definition) is 2. The molecule has 1 aromatic heterocycles. The zero-order valence-corrected chi connectivity index (χ0v) is 11.5. The van der Waals surface area contributed by atoms with Crippen LogP contribution in [0.1, 0.15) is 32.0 Å². The van der Waals surface area contributed by atoms with E-state index in [-0.39, 0.29) is 5.84 Å². The van der Waals surface area contributed by atoms with E-state index < -0.39 is 0 Å². The Balaban J connectivity index is 2.98. The molecule has 0 aliphatic rings. The van der Waals surface area contributed by atoms with Crippen molar-refractivity contribution in [2.75, 3.05) is 0 Å². The summed E-state index contributed by atoms with van der Waals surface area (Å²) in [6.45, 7) is 8.43. The maximum Gasteiger partial charge on any atom is 0.170 e. The van der Waals surface area contributed by atoms with E-state index >= 15 is 0 Å². The fraction of sp³-hybridized carbons (Fsp3) is 0.500. The van der Waals surface area contributed by atoms with Crippen LogP contribution >= 0.6 is 11.8 Å². The minimum absolute atomic E-state index is 0.120. The smallest absolute Gasteiger partial charge is 0.170 e. The molecule has 0 aliphatic heterocycles. The van der Waals surface area contributed by atoms with Gasteiger partial charge in [-0.1, -0.05) is 25.9 Å². The van der Waals surface area contributed by atoms with Crippen LogP contribution in [-0.2, 0) is 0 Å². The molecule has 3 N–H and O–H groups in total. The average molecular weight is 253 g/mol. The molecule has 1 atom stereocenters. The number of aryl methyl sites for hydroxylation is 1. The minimum atomic E-state index is 0.120. The van der Waals surface area contributed by atoms with Gasteiger partial charge in [-0.3, -0.25) is 0 Å². The van der Waals surface area contributed by atoms with Gasteiger partial charge in [-0.2, -0.15) is 0 Å². The fourth-order valence-corrected chi connectivity index (χ4v) is 2.28. The quantitative estimate of drug-likeness (QED) is 0.284. The van der Waals surface area contributed by atoms with Gasteiger partial charge in [0.15, 0.2) is 5.84 Å². The Labute approximate surface area is 106 Å². The first-order valence-corrected chi connectivity index (χ1v) is 6.45. The van der Waals surface area contributed by atoms with Crippen LogP contribution in [0.5, 0.6) is 0 Å². The van der Waals surface area contributed by atoms with Crippen LogP contribution in [0.2, 0.25) is 0 Å². The normalized spacial score (nSPS) is 14.1. The van der Waals surface area contributed by atoms with Gasteiger partial charge < -0.3 is 10.9 Å². The summed E-state index contributed by atoms with van der Waals surface area (Å²) in [6.07, 6.45) is 0. The van der Waals surface area contributed by atoms with Crippen LogP contribution in [0.3, 0.4) is 0 Å². The van der Waals surface area contributed by atoms with Crippen molar-refractivity contribution in [1.82, 2.24) is 4.98 Å². The molecular formula is C12H19N3OS. The lowest BCUT2D eigenvalue weighted by Crippen LogP contribution is -2.14. The molecule has 1 unspecified atom stereocenters. The Kier molecular flexibility index (Phi) is 4.81. The second-order valence-corrected chi connectivity index (χ2v) is 5.79. The second-order valence-electron chi connectivity index (χ2n) is 4.39. The first-order valence-electron chi connectivity index (χ1n) is 5.57. The third kappa shape index (κ3) is 3.93. The van der Waals surface area contributed by atoms with Crippen molar-refractivity contribution in [3.63, 3.8) is 0 Å². The predicted octanol–water partition coefficient (Wildman–Crippen LogP) is 2.62. The standard InChI is InChI=1S/C12H19N3OS/c1-7(2)9(4)17-11-6-10(12(13)15-16)5-8(3)14-11/h5-7,9,16H,1-4H3,(H2,13,15). The van der Waals surface area contributed by atoms with E-state index in [1.807, 2.05) is 13.0 Å². The Morgan fingerprint density at radius 3 is 2.59 bits per heavy atom. The summed E-state index contributed by atoms with van der Waals surface area (Å²) in [7, 11) is 0. The molecular weight excluding hydrogens is 234 g/mol. The first-order chi connectivity index (χ1) is 7.93. The number of nitrogens with zero attached hydrogens (tertiary/aromatic N) is 2. The van der Waals surface area contributed by atoms with Crippen molar-refractivity contribution in [3.05, 3.63) is 23.4 Å². The van der Waals surface area contributed by atoms with Gasteiger partial charge in [-0.05, 0) is 25.0 Å². The maximum atomic E-state index is 8.68. The van der Waals surface area contributed by atoms with E-state index in [2.05, 4.69) is 30.9 Å². The third-order valence-corrected chi connectivity index (χ3v) is 3.95. The van der Waals surface area contributed by atoms with E-state index in [1.54, 1.807) is 17.8 Å². The highest BCUT2D eigenvalue weighted by molar-refractivity contribution is 7.99. The molecule has 1 aromatic rings. The molecule has 0 aromatic carbocycles. The summed E-state index contributed by atoms with van der Waals surface area (Å²) in [5, 5.41) is 13.1. The summed E-state index contributed by atoms with van der Waals surface area (Å²) in [5.41, 5.74) is 7.16. The van der Waals surface area contributed by atoms with E-state index in [9.17, 15) is 0 Å². The zero-order valence-electron chi connectivity index (χ0n) is 10.6. The molecule has 0 aliphatic carbocycles. The van der Waals surface area contributed by atoms with Gasteiger partial charge in [0.25, 0.3) is 0 Å². The predicted molar refractivity (Wildman–Crippen MR) is 71.6 cm³/mol. The van der Waals surface area contributed by atoms with Gasteiger partial charge in [-0.25, -0.2) is 4.98 Å². The Morgan fingerprint density at radius 2 is 2.06 bits per heavy atom. The van der Waals surface area contributed by atoms with Crippen molar-refractivity contribution in [3.8, 4) is 0 Å². The summed E-state index contributed by atoms with van der Waals surface area (Å²) < 4.78 is 0. The van der Waals surface area contributed by atoms with Crippen LogP contribution in [-0.4, -0.2) is 21.3 Å². The number of pyridine rings is 1. The summed E-state index contributed by atoms with van der Waals surface area (Å²) in [4.78, 5) is 4.44. The summed E-state index contributed by atoms with van der Waals surface area (Å²) in [5.74, 6) is 0.698. The van der Waals surface area contributed by atoms with Crippen LogP contribution in [0.25, 0.3) is 0 Å². The molecule has 0 amide bonds. The van der Waals surface area contributed by atoms with Crippen molar-refractivity contribution in [2.24, 2.45) is 16.8 Å². The number of nitrogens with two attached hydrogens (primary N) is 1. The summed E-state index contributed by atoms with van der Waals surface area (Å²) in [6, 6.07) is 3.66. The van der Waals surface area contributed by atoms with Crippen molar-refractivity contribution < 1.29 is 5.21 Å². The SMILES string of the molecule is Cc1cc(/C(N)=N/O)cc(SC(C)C(C)C)n1. The monoisotopic (exact) mass is 253 g/mol. The highest BCUT2D eigenvalue weighted by Crippen LogP contribution is 2.27. The largest absolute Gasteiger partial charge is 0.409 e. The number of amidine groups is 1. The molecule has 0 bridgehead atoms. The van der Waals surface area contributed by atoms with Gasteiger partial charge in [0.05, 0.1) is 5.03 Å². The lowest BCUT2D eigenvalue weighted by atomic mass is 10.2. The van der Waals surface area contributed by atoms with Crippen LogP contribution in [0, 0.1) is 12.8 Å². The van der Waals surface area contributed by atoms with E-state index in [0.717, 1.165) is 10.7 Å². The first kappa shape index (κ1) is 13.8. The Hall–Kier alpha value is -1.23.